The monoisotopic (exact) mass is 478 g/mol. The average Bonchev–Trinajstić information content (AvgIpc) is 3.45. The van der Waals surface area contributed by atoms with Crippen molar-refractivity contribution in [3.05, 3.63) is 109 Å². The number of nitrogens with zero attached hydrogens (tertiary/aromatic N) is 1. The lowest BCUT2D eigenvalue weighted by Gasteiger charge is -2.15. The minimum Gasteiger partial charge on any atom is -0.463 e. The number of rotatable bonds is 7. The summed E-state index contributed by atoms with van der Waals surface area (Å²) in [6.45, 7) is 1.52. The predicted octanol–water partition coefficient (Wildman–Crippen LogP) is 6.47. The van der Waals surface area contributed by atoms with E-state index in [4.69, 9.17) is 13.9 Å². The zero-order chi connectivity index (χ0) is 24.9. The smallest absolute Gasteiger partial charge is 0.339 e. The molecule has 0 saturated heterocycles. The zero-order valence-corrected chi connectivity index (χ0v) is 19.4. The van der Waals surface area contributed by atoms with Crippen LogP contribution in [0.2, 0.25) is 0 Å². The highest BCUT2D eigenvalue weighted by molar-refractivity contribution is 6.05. The van der Waals surface area contributed by atoms with Crippen LogP contribution in [-0.2, 0) is 9.53 Å². The predicted molar refractivity (Wildman–Crippen MR) is 136 cm³/mol. The average molecular weight is 479 g/mol. The molecule has 1 unspecified atom stereocenters. The topological polar surface area (TPSA) is 90.7 Å². The highest BCUT2D eigenvalue weighted by atomic mass is 16.5. The van der Waals surface area contributed by atoms with Crippen molar-refractivity contribution < 1.29 is 23.5 Å². The molecule has 5 aromatic rings. The number of benzene rings is 3. The van der Waals surface area contributed by atoms with E-state index in [1.807, 2.05) is 42.5 Å². The van der Waals surface area contributed by atoms with E-state index in [0.717, 1.165) is 0 Å². The minimum atomic E-state index is -1.03. The lowest BCUT2D eigenvalue weighted by atomic mass is 10.1. The molecule has 7 nitrogen and oxygen atoms in total. The van der Waals surface area contributed by atoms with E-state index >= 15 is 0 Å². The molecule has 1 amide bonds. The molecule has 0 aliphatic heterocycles. The molecule has 0 bridgehead atoms. The summed E-state index contributed by atoms with van der Waals surface area (Å²) in [5.41, 5.74) is 1.97. The lowest BCUT2D eigenvalue weighted by molar-refractivity contribution is -0.123. The molecule has 0 radical (unpaired) electrons. The van der Waals surface area contributed by atoms with Gasteiger partial charge in [0.05, 0.1) is 17.3 Å². The second-order valence-electron chi connectivity index (χ2n) is 8.03. The second kappa shape index (κ2) is 10.1. The number of furan rings is 1. The van der Waals surface area contributed by atoms with Crippen molar-refractivity contribution in [3.8, 4) is 23.0 Å². The fraction of sp³-hybridized carbons (Fsp3) is 0.0690. The Bertz CT molecular complexity index is 1500. The number of anilines is 1. The van der Waals surface area contributed by atoms with Gasteiger partial charge in [-0.25, -0.2) is 9.78 Å². The first-order chi connectivity index (χ1) is 17.6. The fourth-order valence-corrected chi connectivity index (χ4v) is 3.65. The van der Waals surface area contributed by atoms with Crippen LogP contribution in [0.15, 0.2) is 108 Å². The molecule has 2 aromatic heterocycles. The number of ether oxygens (including phenoxy) is 2. The Labute approximate surface area is 207 Å². The molecule has 7 heteroatoms. The van der Waals surface area contributed by atoms with Crippen LogP contribution in [0.4, 0.5) is 5.69 Å². The van der Waals surface area contributed by atoms with E-state index in [2.05, 4.69) is 10.3 Å². The zero-order valence-electron chi connectivity index (χ0n) is 19.4. The summed E-state index contributed by atoms with van der Waals surface area (Å²) in [6.07, 6.45) is 0.508. The van der Waals surface area contributed by atoms with Gasteiger partial charge in [-0.3, -0.25) is 4.79 Å². The van der Waals surface area contributed by atoms with Crippen molar-refractivity contribution in [2.45, 2.75) is 13.0 Å². The van der Waals surface area contributed by atoms with Gasteiger partial charge >= 0.3 is 5.97 Å². The molecule has 0 spiro atoms. The summed E-state index contributed by atoms with van der Waals surface area (Å²) in [4.78, 5) is 30.4. The number of para-hydroxylation sites is 2. The van der Waals surface area contributed by atoms with Crippen molar-refractivity contribution in [2.24, 2.45) is 0 Å². The molecular formula is C29H22N2O5. The number of hydrogen-bond donors (Lipinski definition) is 1. The van der Waals surface area contributed by atoms with Gasteiger partial charge in [0.25, 0.3) is 5.91 Å². The third kappa shape index (κ3) is 5.10. The van der Waals surface area contributed by atoms with Gasteiger partial charge in [-0.1, -0.05) is 36.4 Å². The van der Waals surface area contributed by atoms with E-state index in [-0.39, 0.29) is 0 Å². The number of carbonyl (C=O) groups excluding carboxylic acids is 2. The highest BCUT2D eigenvalue weighted by Crippen LogP contribution is 2.26. The Balaban J connectivity index is 1.27. The van der Waals surface area contributed by atoms with Crippen LogP contribution in [-0.4, -0.2) is 23.0 Å². The number of hydrogen-bond acceptors (Lipinski definition) is 6. The number of aromatic nitrogens is 1. The number of esters is 1. The van der Waals surface area contributed by atoms with Crippen LogP contribution in [0.1, 0.15) is 17.3 Å². The summed E-state index contributed by atoms with van der Waals surface area (Å²) < 4.78 is 16.7. The van der Waals surface area contributed by atoms with Crippen molar-refractivity contribution in [1.82, 2.24) is 4.98 Å². The van der Waals surface area contributed by atoms with E-state index < -0.39 is 18.0 Å². The van der Waals surface area contributed by atoms with Gasteiger partial charge in [0.1, 0.15) is 17.2 Å². The van der Waals surface area contributed by atoms with Crippen molar-refractivity contribution in [1.29, 1.82) is 0 Å². The Morgan fingerprint density at radius 1 is 0.861 bits per heavy atom. The number of amides is 1. The highest BCUT2D eigenvalue weighted by Gasteiger charge is 2.22. The largest absolute Gasteiger partial charge is 0.463 e. The van der Waals surface area contributed by atoms with Crippen LogP contribution in [0.5, 0.6) is 11.5 Å². The first-order valence-electron chi connectivity index (χ1n) is 11.4. The standard InChI is InChI=1S/C29H22N2O5/c1-19(28(32)30-20-13-15-22(16-14-20)36-21-8-3-2-4-9-21)35-29(33)24-18-26(27-12-7-17-34-27)31-25-11-6-5-10-23(24)25/h2-19H,1H3,(H,30,32). The van der Waals surface area contributed by atoms with E-state index in [1.54, 1.807) is 54.6 Å². The second-order valence-corrected chi connectivity index (χ2v) is 8.03. The van der Waals surface area contributed by atoms with Gasteiger partial charge in [0, 0.05) is 11.1 Å². The van der Waals surface area contributed by atoms with E-state index in [9.17, 15) is 9.59 Å². The van der Waals surface area contributed by atoms with E-state index in [1.165, 1.54) is 13.2 Å². The van der Waals surface area contributed by atoms with Gasteiger partial charge in [-0.15, -0.1) is 0 Å². The van der Waals surface area contributed by atoms with Crippen molar-refractivity contribution in [2.75, 3.05) is 5.32 Å². The van der Waals surface area contributed by atoms with Gasteiger partial charge in [0.2, 0.25) is 0 Å². The number of pyridine rings is 1. The molecule has 178 valence electrons. The molecule has 0 saturated carbocycles. The van der Waals surface area contributed by atoms with Gasteiger partial charge in [-0.2, -0.15) is 0 Å². The summed E-state index contributed by atoms with van der Waals surface area (Å²) in [6, 6.07) is 28.7. The van der Waals surface area contributed by atoms with E-state index in [0.29, 0.717) is 45.1 Å². The third-order valence-electron chi connectivity index (χ3n) is 5.46. The third-order valence-corrected chi connectivity index (χ3v) is 5.46. The summed E-state index contributed by atoms with van der Waals surface area (Å²) >= 11 is 0. The Morgan fingerprint density at radius 2 is 1.58 bits per heavy atom. The van der Waals surface area contributed by atoms with Crippen LogP contribution in [0.3, 0.4) is 0 Å². The van der Waals surface area contributed by atoms with Crippen LogP contribution < -0.4 is 10.1 Å². The molecule has 0 aliphatic rings. The molecule has 36 heavy (non-hydrogen) atoms. The first-order valence-corrected chi connectivity index (χ1v) is 11.4. The van der Waals surface area contributed by atoms with Gasteiger partial charge in [-0.05, 0) is 67.6 Å². The summed E-state index contributed by atoms with van der Waals surface area (Å²) in [7, 11) is 0. The fourth-order valence-electron chi connectivity index (χ4n) is 3.65. The molecule has 0 fully saturated rings. The molecule has 0 aliphatic carbocycles. The maximum atomic E-state index is 13.1. The van der Waals surface area contributed by atoms with Crippen LogP contribution >= 0.6 is 0 Å². The minimum absolute atomic E-state index is 0.300. The number of carbonyl (C=O) groups is 2. The molecule has 2 heterocycles. The molecular weight excluding hydrogens is 456 g/mol. The van der Waals surface area contributed by atoms with Gasteiger partial charge in [0.15, 0.2) is 11.9 Å². The van der Waals surface area contributed by atoms with Crippen LogP contribution in [0, 0.1) is 0 Å². The van der Waals surface area contributed by atoms with Gasteiger partial charge < -0.3 is 19.2 Å². The first kappa shape index (κ1) is 22.9. The Kier molecular flexibility index (Phi) is 6.44. The summed E-state index contributed by atoms with van der Waals surface area (Å²) in [5, 5.41) is 3.39. The van der Waals surface area contributed by atoms with Crippen LogP contribution in [0.25, 0.3) is 22.4 Å². The normalized spacial score (nSPS) is 11.6. The maximum Gasteiger partial charge on any atom is 0.339 e. The number of nitrogens with one attached hydrogen (secondary N) is 1. The SMILES string of the molecule is CC(OC(=O)c1cc(-c2ccco2)nc2ccccc12)C(=O)Nc1ccc(Oc2ccccc2)cc1. The molecule has 5 rings (SSSR count). The molecule has 1 atom stereocenters. The maximum absolute atomic E-state index is 13.1. The molecule has 1 N–H and O–H groups in total. The van der Waals surface area contributed by atoms with Crippen molar-refractivity contribution in [3.63, 3.8) is 0 Å². The Hall–Kier alpha value is -4.91. The quantitative estimate of drug-likeness (QED) is 0.270. The molecule has 3 aromatic carbocycles. The summed E-state index contributed by atoms with van der Waals surface area (Å²) in [5.74, 6) is 0.796. The van der Waals surface area contributed by atoms with Crippen molar-refractivity contribution >= 4 is 28.5 Å². The number of fused-ring (bicyclic) bond motifs is 1. The lowest BCUT2D eigenvalue weighted by Crippen LogP contribution is -2.30. The Morgan fingerprint density at radius 3 is 2.33 bits per heavy atom.